The molecule has 7 nitrogen and oxygen atoms in total. The van der Waals surface area contributed by atoms with E-state index in [2.05, 4.69) is 16.0 Å². The zero-order chi connectivity index (χ0) is 14.4. The molecule has 0 spiro atoms. The van der Waals surface area contributed by atoms with Crippen molar-refractivity contribution in [3.05, 3.63) is 34.4 Å². The molecule has 1 unspecified atom stereocenters. The summed E-state index contributed by atoms with van der Waals surface area (Å²) in [6.07, 6.45) is 1.93. The molecule has 1 amide bonds. The Balaban J connectivity index is 0.00000220. The Bertz CT molecular complexity index is 475. The molecule has 2 rings (SSSR count). The summed E-state index contributed by atoms with van der Waals surface area (Å²) < 4.78 is 0. The maximum Gasteiger partial charge on any atom is 0.269 e. The number of carbonyl (C=O) groups is 1. The molecule has 0 bridgehead atoms. The zero-order valence-corrected chi connectivity index (χ0v) is 12.3. The van der Waals surface area contributed by atoms with Gasteiger partial charge in [-0.1, -0.05) is 0 Å². The molecule has 1 saturated heterocycles. The second-order valence-electron chi connectivity index (χ2n) is 4.67. The van der Waals surface area contributed by atoms with Crippen LogP contribution in [0, 0.1) is 10.1 Å². The van der Waals surface area contributed by atoms with Crippen molar-refractivity contribution in [2.45, 2.75) is 18.9 Å². The van der Waals surface area contributed by atoms with E-state index in [9.17, 15) is 14.9 Å². The lowest BCUT2D eigenvalue weighted by Crippen LogP contribution is -2.42. The van der Waals surface area contributed by atoms with Crippen molar-refractivity contribution in [3.63, 3.8) is 0 Å². The SMILES string of the molecule is Cl.O=C(NCCNc1ccc([N+](=O)[O-])cc1)C1CCCN1. The second-order valence-corrected chi connectivity index (χ2v) is 4.67. The van der Waals surface area contributed by atoms with Crippen molar-refractivity contribution in [1.82, 2.24) is 10.6 Å². The lowest BCUT2D eigenvalue weighted by atomic mass is 10.2. The minimum atomic E-state index is -0.432. The van der Waals surface area contributed by atoms with Crippen LogP contribution in [0.4, 0.5) is 11.4 Å². The zero-order valence-electron chi connectivity index (χ0n) is 11.5. The highest BCUT2D eigenvalue weighted by Crippen LogP contribution is 2.14. The first-order chi connectivity index (χ1) is 9.66. The van der Waals surface area contributed by atoms with Crippen LogP contribution in [-0.4, -0.2) is 36.5 Å². The molecular weight excluding hydrogens is 296 g/mol. The van der Waals surface area contributed by atoms with Gasteiger partial charge >= 0.3 is 0 Å². The van der Waals surface area contributed by atoms with Crippen LogP contribution in [0.1, 0.15) is 12.8 Å². The normalized spacial score (nSPS) is 16.9. The Morgan fingerprint density at radius 2 is 2.05 bits per heavy atom. The Labute approximate surface area is 129 Å². The molecule has 1 aromatic carbocycles. The van der Waals surface area contributed by atoms with Gasteiger partial charge in [-0.2, -0.15) is 0 Å². The fourth-order valence-corrected chi connectivity index (χ4v) is 2.13. The van der Waals surface area contributed by atoms with Crippen molar-refractivity contribution >= 4 is 29.7 Å². The number of nitrogens with one attached hydrogen (secondary N) is 3. The Morgan fingerprint density at radius 3 is 2.62 bits per heavy atom. The van der Waals surface area contributed by atoms with E-state index in [0.717, 1.165) is 25.1 Å². The number of rotatable bonds is 6. The molecule has 0 saturated carbocycles. The maximum absolute atomic E-state index is 11.7. The highest BCUT2D eigenvalue weighted by atomic mass is 35.5. The highest BCUT2D eigenvalue weighted by molar-refractivity contribution is 5.85. The molecule has 3 N–H and O–H groups in total. The van der Waals surface area contributed by atoms with E-state index in [0.29, 0.717) is 13.1 Å². The predicted octanol–water partition coefficient (Wildman–Crippen LogP) is 1.30. The van der Waals surface area contributed by atoms with Crippen LogP contribution in [0.25, 0.3) is 0 Å². The van der Waals surface area contributed by atoms with Gasteiger partial charge in [0, 0.05) is 30.9 Å². The molecular formula is C13H19ClN4O3. The van der Waals surface area contributed by atoms with Crippen molar-refractivity contribution < 1.29 is 9.72 Å². The first kappa shape index (κ1) is 17.2. The number of hydrogen-bond acceptors (Lipinski definition) is 5. The summed E-state index contributed by atoms with van der Waals surface area (Å²) in [6, 6.07) is 6.14. The predicted molar refractivity (Wildman–Crippen MR) is 82.9 cm³/mol. The van der Waals surface area contributed by atoms with E-state index in [1.807, 2.05) is 0 Å². The summed E-state index contributed by atoms with van der Waals surface area (Å²) >= 11 is 0. The number of hydrogen-bond donors (Lipinski definition) is 3. The summed E-state index contributed by atoms with van der Waals surface area (Å²) in [6.45, 7) is 2.00. The Morgan fingerprint density at radius 1 is 1.33 bits per heavy atom. The number of non-ortho nitro benzene ring substituents is 1. The van der Waals surface area contributed by atoms with Gasteiger partial charge in [0.05, 0.1) is 11.0 Å². The van der Waals surface area contributed by atoms with Gasteiger partial charge in [0.2, 0.25) is 5.91 Å². The number of benzene rings is 1. The van der Waals surface area contributed by atoms with E-state index in [1.54, 1.807) is 12.1 Å². The van der Waals surface area contributed by atoms with Crippen molar-refractivity contribution in [3.8, 4) is 0 Å². The van der Waals surface area contributed by atoms with E-state index in [4.69, 9.17) is 0 Å². The second kappa shape index (κ2) is 8.43. The van der Waals surface area contributed by atoms with Crippen molar-refractivity contribution in [1.29, 1.82) is 0 Å². The molecule has 0 radical (unpaired) electrons. The number of anilines is 1. The van der Waals surface area contributed by atoms with Gasteiger partial charge in [0.25, 0.3) is 5.69 Å². The lowest BCUT2D eigenvalue weighted by Gasteiger charge is -2.11. The summed E-state index contributed by atoms with van der Waals surface area (Å²) in [5, 5.41) is 19.6. The molecule has 116 valence electrons. The van der Waals surface area contributed by atoms with Gasteiger partial charge in [-0.15, -0.1) is 12.4 Å². The van der Waals surface area contributed by atoms with E-state index in [1.165, 1.54) is 12.1 Å². The van der Waals surface area contributed by atoms with E-state index in [-0.39, 0.29) is 30.0 Å². The highest BCUT2D eigenvalue weighted by Gasteiger charge is 2.20. The summed E-state index contributed by atoms with van der Waals surface area (Å²) in [5.74, 6) is 0.0352. The van der Waals surface area contributed by atoms with Gasteiger partial charge in [-0.3, -0.25) is 14.9 Å². The average molecular weight is 315 g/mol. The lowest BCUT2D eigenvalue weighted by molar-refractivity contribution is -0.384. The average Bonchev–Trinajstić information content (AvgIpc) is 2.98. The molecule has 0 aliphatic carbocycles. The molecule has 1 aliphatic heterocycles. The minimum Gasteiger partial charge on any atom is -0.383 e. The smallest absolute Gasteiger partial charge is 0.269 e. The molecule has 8 heteroatoms. The number of nitro benzene ring substituents is 1. The van der Waals surface area contributed by atoms with Crippen LogP contribution in [0.3, 0.4) is 0 Å². The van der Waals surface area contributed by atoms with Crippen LogP contribution in [-0.2, 0) is 4.79 Å². The van der Waals surface area contributed by atoms with Gasteiger partial charge in [0.15, 0.2) is 0 Å². The largest absolute Gasteiger partial charge is 0.383 e. The van der Waals surface area contributed by atoms with Gasteiger partial charge in [-0.25, -0.2) is 0 Å². The number of nitro groups is 1. The van der Waals surface area contributed by atoms with E-state index >= 15 is 0 Å². The van der Waals surface area contributed by atoms with Crippen LogP contribution < -0.4 is 16.0 Å². The number of carbonyl (C=O) groups excluding carboxylic acids is 1. The topological polar surface area (TPSA) is 96.3 Å². The number of amides is 1. The molecule has 21 heavy (non-hydrogen) atoms. The van der Waals surface area contributed by atoms with Crippen LogP contribution in [0.5, 0.6) is 0 Å². The van der Waals surface area contributed by atoms with Crippen LogP contribution in [0.2, 0.25) is 0 Å². The molecule has 1 aromatic rings. The minimum absolute atomic E-state index is 0. The van der Waals surface area contributed by atoms with Crippen molar-refractivity contribution in [2.75, 3.05) is 25.0 Å². The first-order valence-corrected chi connectivity index (χ1v) is 6.66. The summed E-state index contributed by atoms with van der Waals surface area (Å²) in [7, 11) is 0. The van der Waals surface area contributed by atoms with Crippen molar-refractivity contribution in [2.24, 2.45) is 0 Å². The monoisotopic (exact) mass is 314 g/mol. The Hall–Kier alpha value is -1.86. The third kappa shape index (κ3) is 5.20. The first-order valence-electron chi connectivity index (χ1n) is 6.66. The van der Waals surface area contributed by atoms with Gasteiger partial charge in [-0.05, 0) is 31.5 Å². The fraction of sp³-hybridized carbons (Fsp3) is 0.462. The quantitative estimate of drug-likeness (QED) is 0.418. The third-order valence-corrected chi connectivity index (χ3v) is 3.21. The van der Waals surface area contributed by atoms with E-state index < -0.39 is 4.92 Å². The molecule has 0 aromatic heterocycles. The maximum atomic E-state index is 11.7. The molecule has 1 fully saturated rings. The number of nitrogens with zero attached hydrogens (tertiary/aromatic N) is 1. The fourth-order valence-electron chi connectivity index (χ4n) is 2.13. The molecule has 1 heterocycles. The van der Waals surface area contributed by atoms with Crippen LogP contribution >= 0.6 is 12.4 Å². The Kier molecular flexibility index (Phi) is 6.90. The summed E-state index contributed by atoms with van der Waals surface area (Å²) in [5.41, 5.74) is 0.861. The molecule has 1 aliphatic rings. The van der Waals surface area contributed by atoms with Gasteiger partial charge in [0.1, 0.15) is 0 Å². The summed E-state index contributed by atoms with van der Waals surface area (Å²) in [4.78, 5) is 21.8. The standard InChI is InChI=1S/C13H18N4O3.ClH/c18-13(12-2-1-7-15-12)16-9-8-14-10-3-5-11(6-4-10)17(19)20;/h3-6,12,14-15H,1-2,7-9H2,(H,16,18);1H. The van der Waals surface area contributed by atoms with Crippen LogP contribution in [0.15, 0.2) is 24.3 Å². The third-order valence-electron chi connectivity index (χ3n) is 3.21. The number of halogens is 1. The van der Waals surface area contributed by atoms with Gasteiger partial charge < -0.3 is 16.0 Å². The molecule has 1 atom stereocenters.